The summed E-state index contributed by atoms with van der Waals surface area (Å²) in [7, 11) is 0. The Morgan fingerprint density at radius 2 is 1.97 bits per heavy atom. The number of carbonyl (C=O) groups is 1. The van der Waals surface area contributed by atoms with Crippen LogP contribution in [-0.2, 0) is 22.3 Å². The van der Waals surface area contributed by atoms with Gasteiger partial charge < -0.3 is 14.7 Å². The van der Waals surface area contributed by atoms with Gasteiger partial charge in [-0.15, -0.1) is 11.8 Å². The Hall–Kier alpha value is -2.04. The number of halogens is 4. The number of benzene rings is 1. The standard InChI is InChI=1S/C21H24F4N2O3S/c1-3-31-19-18(20(28)29)13(2)10-17(26-6-8-30-9-7-26)27(19)12-14-4-5-16(22)15(11-14)21(23,24)25/h4-5,10-11,17H,3,6-9,12H2,1-2H3,(H,28,29). The van der Waals surface area contributed by atoms with Crippen molar-refractivity contribution in [1.82, 2.24) is 9.80 Å². The lowest BCUT2D eigenvalue weighted by Crippen LogP contribution is -2.52. The molecule has 0 aliphatic carbocycles. The van der Waals surface area contributed by atoms with Crippen LogP contribution in [0.1, 0.15) is 25.0 Å². The Kier molecular flexibility index (Phi) is 7.33. The van der Waals surface area contributed by atoms with E-state index in [1.807, 2.05) is 13.0 Å². The Balaban J connectivity index is 2.05. The van der Waals surface area contributed by atoms with Crippen LogP contribution in [0, 0.1) is 5.82 Å². The number of hydrogen-bond donors (Lipinski definition) is 1. The summed E-state index contributed by atoms with van der Waals surface area (Å²) in [6.07, 6.45) is -3.34. The van der Waals surface area contributed by atoms with Gasteiger partial charge >= 0.3 is 12.1 Å². The second-order valence-electron chi connectivity index (χ2n) is 7.27. The Morgan fingerprint density at radius 1 is 1.29 bits per heavy atom. The van der Waals surface area contributed by atoms with Crippen molar-refractivity contribution in [2.45, 2.75) is 32.7 Å². The lowest BCUT2D eigenvalue weighted by Gasteiger charge is -2.44. The molecule has 0 aromatic heterocycles. The van der Waals surface area contributed by atoms with Gasteiger partial charge in [0.1, 0.15) is 12.0 Å². The molecular formula is C21H24F4N2O3S. The zero-order chi connectivity index (χ0) is 22.8. The number of carboxylic acid groups (broad SMARTS) is 1. The van der Waals surface area contributed by atoms with Gasteiger partial charge in [-0.25, -0.2) is 9.18 Å². The predicted molar refractivity (Wildman–Crippen MR) is 110 cm³/mol. The maximum atomic E-state index is 13.8. The fraction of sp³-hybridized carbons (Fsp3) is 0.476. The fourth-order valence-corrected chi connectivity index (χ4v) is 4.78. The molecule has 1 atom stereocenters. The number of hydrogen-bond acceptors (Lipinski definition) is 5. The summed E-state index contributed by atoms with van der Waals surface area (Å²) in [5.74, 6) is -1.84. The van der Waals surface area contributed by atoms with E-state index in [0.29, 0.717) is 42.7 Å². The lowest BCUT2D eigenvalue weighted by atomic mass is 10.0. The fourth-order valence-electron chi connectivity index (χ4n) is 3.78. The van der Waals surface area contributed by atoms with Gasteiger partial charge in [-0.1, -0.05) is 13.0 Å². The minimum atomic E-state index is -4.81. The molecule has 1 aromatic rings. The minimum absolute atomic E-state index is 0.00821. The molecule has 0 radical (unpaired) electrons. The van der Waals surface area contributed by atoms with Crippen LogP contribution in [-0.4, -0.2) is 59.1 Å². The maximum absolute atomic E-state index is 13.8. The summed E-state index contributed by atoms with van der Waals surface area (Å²) in [6.45, 7) is 5.85. The summed E-state index contributed by atoms with van der Waals surface area (Å²) in [6, 6.07) is 2.91. The van der Waals surface area contributed by atoms with Crippen LogP contribution >= 0.6 is 11.8 Å². The molecule has 0 bridgehead atoms. The summed E-state index contributed by atoms with van der Waals surface area (Å²) < 4.78 is 58.8. The molecule has 5 nitrogen and oxygen atoms in total. The van der Waals surface area contributed by atoms with Crippen molar-refractivity contribution in [1.29, 1.82) is 0 Å². The van der Waals surface area contributed by atoms with E-state index in [0.717, 1.165) is 12.1 Å². The molecule has 0 amide bonds. The van der Waals surface area contributed by atoms with Crippen LogP contribution < -0.4 is 0 Å². The Morgan fingerprint density at radius 3 is 2.55 bits per heavy atom. The highest BCUT2D eigenvalue weighted by Crippen LogP contribution is 2.38. The lowest BCUT2D eigenvalue weighted by molar-refractivity contribution is -0.140. The number of nitrogens with zero attached hydrogens (tertiary/aromatic N) is 2. The van der Waals surface area contributed by atoms with Crippen molar-refractivity contribution in [3.63, 3.8) is 0 Å². The molecule has 2 aliphatic heterocycles. The van der Waals surface area contributed by atoms with E-state index in [1.54, 1.807) is 11.8 Å². The number of aliphatic carboxylic acids is 1. The quantitative estimate of drug-likeness (QED) is 0.639. The smallest absolute Gasteiger partial charge is 0.419 e. The number of rotatable bonds is 6. The first kappa shape index (κ1) is 23.6. The highest BCUT2D eigenvalue weighted by Gasteiger charge is 2.37. The predicted octanol–water partition coefficient (Wildman–Crippen LogP) is 4.31. The zero-order valence-corrected chi connectivity index (χ0v) is 18.0. The topological polar surface area (TPSA) is 53.0 Å². The number of thioether (sulfide) groups is 1. The molecule has 31 heavy (non-hydrogen) atoms. The summed E-state index contributed by atoms with van der Waals surface area (Å²) in [5.41, 5.74) is -0.344. The molecule has 170 valence electrons. The molecule has 10 heteroatoms. The van der Waals surface area contributed by atoms with E-state index in [9.17, 15) is 27.5 Å². The van der Waals surface area contributed by atoms with Crippen molar-refractivity contribution < 1.29 is 32.2 Å². The highest BCUT2D eigenvalue weighted by molar-refractivity contribution is 8.03. The van der Waals surface area contributed by atoms with Gasteiger partial charge in [0.25, 0.3) is 0 Å². The number of morpholine rings is 1. The van der Waals surface area contributed by atoms with Crippen molar-refractivity contribution in [3.8, 4) is 0 Å². The average molecular weight is 460 g/mol. The molecule has 0 spiro atoms. The monoisotopic (exact) mass is 460 g/mol. The van der Waals surface area contributed by atoms with Crippen molar-refractivity contribution in [2.24, 2.45) is 0 Å². The second-order valence-corrected chi connectivity index (χ2v) is 8.52. The molecule has 1 saturated heterocycles. The van der Waals surface area contributed by atoms with Gasteiger partial charge in [-0.3, -0.25) is 4.90 Å². The van der Waals surface area contributed by atoms with Gasteiger partial charge in [0, 0.05) is 19.6 Å². The molecular weight excluding hydrogens is 436 g/mol. The molecule has 1 aromatic carbocycles. The first-order valence-electron chi connectivity index (χ1n) is 9.86. The molecule has 1 unspecified atom stereocenters. The second kappa shape index (κ2) is 9.62. The molecule has 3 rings (SSSR count). The maximum Gasteiger partial charge on any atom is 0.419 e. The highest BCUT2D eigenvalue weighted by atomic mass is 32.2. The van der Waals surface area contributed by atoms with E-state index < -0.39 is 23.5 Å². The normalized spacial score (nSPS) is 20.8. The van der Waals surface area contributed by atoms with E-state index in [4.69, 9.17) is 4.74 Å². The van der Waals surface area contributed by atoms with E-state index in [1.165, 1.54) is 17.8 Å². The van der Waals surface area contributed by atoms with Crippen LogP contribution in [0.3, 0.4) is 0 Å². The van der Waals surface area contributed by atoms with Crippen LogP contribution in [0.15, 0.2) is 40.5 Å². The summed E-state index contributed by atoms with van der Waals surface area (Å²) in [4.78, 5) is 15.9. The third kappa shape index (κ3) is 5.24. The average Bonchev–Trinajstić information content (AvgIpc) is 2.70. The largest absolute Gasteiger partial charge is 0.478 e. The summed E-state index contributed by atoms with van der Waals surface area (Å²) >= 11 is 1.33. The summed E-state index contributed by atoms with van der Waals surface area (Å²) in [5, 5.41) is 10.3. The van der Waals surface area contributed by atoms with Crippen molar-refractivity contribution in [3.05, 3.63) is 57.4 Å². The Labute approximate surface area is 182 Å². The SMILES string of the molecule is CCSC1=C(C(=O)O)C(C)=CC(N2CCOCC2)N1Cc1ccc(F)c(C(F)(F)F)c1. The zero-order valence-electron chi connectivity index (χ0n) is 17.2. The van der Waals surface area contributed by atoms with Gasteiger partial charge in [0.05, 0.1) is 29.4 Å². The van der Waals surface area contributed by atoms with Gasteiger partial charge in [-0.2, -0.15) is 13.2 Å². The minimum Gasteiger partial charge on any atom is -0.478 e. The molecule has 2 aliphatic rings. The number of alkyl halides is 3. The molecule has 1 fully saturated rings. The van der Waals surface area contributed by atoms with Gasteiger partial charge in [0.2, 0.25) is 0 Å². The van der Waals surface area contributed by atoms with E-state index in [-0.39, 0.29) is 23.8 Å². The number of carboxylic acids is 1. The molecule has 0 saturated carbocycles. The molecule has 1 N–H and O–H groups in total. The van der Waals surface area contributed by atoms with E-state index >= 15 is 0 Å². The number of ether oxygens (including phenoxy) is 1. The Bertz CT molecular complexity index is 895. The third-order valence-corrected chi connectivity index (χ3v) is 6.19. The van der Waals surface area contributed by atoms with Gasteiger partial charge in [0.15, 0.2) is 0 Å². The van der Waals surface area contributed by atoms with E-state index in [2.05, 4.69) is 4.90 Å². The van der Waals surface area contributed by atoms with Crippen LogP contribution in [0.25, 0.3) is 0 Å². The van der Waals surface area contributed by atoms with Crippen LogP contribution in [0.2, 0.25) is 0 Å². The first-order valence-corrected chi connectivity index (χ1v) is 10.8. The first-order chi connectivity index (χ1) is 14.6. The van der Waals surface area contributed by atoms with Crippen molar-refractivity contribution in [2.75, 3.05) is 32.1 Å². The molecule has 2 heterocycles. The van der Waals surface area contributed by atoms with Crippen molar-refractivity contribution >= 4 is 17.7 Å². The third-order valence-electron chi connectivity index (χ3n) is 5.19. The van der Waals surface area contributed by atoms with Crippen LogP contribution in [0.5, 0.6) is 0 Å². The van der Waals surface area contributed by atoms with Crippen LogP contribution in [0.4, 0.5) is 17.6 Å². The van der Waals surface area contributed by atoms with Gasteiger partial charge in [-0.05, 0) is 42.0 Å².